The molecule has 0 bridgehead atoms. The molecule has 0 radical (unpaired) electrons. The highest BCUT2D eigenvalue weighted by atomic mass is 16.2. The van der Waals surface area contributed by atoms with E-state index in [0.29, 0.717) is 6.29 Å². The van der Waals surface area contributed by atoms with E-state index < -0.39 is 29.8 Å². The van der Waals surface area contributed by atoms with Gasteiger partial charge in [-0.3, -0.25) is 19.3 Å². The van der Waals surface area contributed by atoms with Gasteiger partial charge in [0.25, 0.3) is 11.8 Å². The number of fused-ring (bicyclic) bond motifs is 1. The second-order valence-corrected chi connectivity index (χ2v) is 6.05. The van der Waals surface area contributed by atoms with Crippen molar-refractivity contribution in [2.24, 2.45) is 0 Å². The fourth-order valence-electron chi connectivity index (χ4n) is 3.39. The fraction of sp³-hybridized carbons (Fsp3) is 0.158. The number of nitrogens with zero attached hydrogens (tertiary/aromatic N) is 2. The lowest BCUT2D eigenvalue weighted by atomic mass is 9.93. The molecule has 25 heavy (non-hydrogen) atoms. The molecule has 0 aromatic heterocycles. The summed E-state index contributed by atoms with van der Waals surface area (Å²) in [6.07, 6.45) is 0.624. The molecular weight excluding hydrogens is 320 g/mol. The summed E-state index contributed by atoms with van der Waals surface area (Å²) in [6.45, 7) is 0.267. The first-order valence-corrected chi connectivity index (χ1v) is 7.90. The van der Waals surface area contributed by atoms with Gasteiger partial charge in [-0.2, -0.15) is 0 Å². The Bertz CT molecular complexity index is 858. The van der Waals surface area contributed by atoms with Crippen molar-refractivity contribution in [2.45, 2.75) is 18.6 Å². The van der Waals surface area contributed by atoms with Gasteiger partial charge < -0.3 is 9.69 Å². The van der Waals surface area contributed by atoms with Crippen LogP contribution in [0, 0.1) is 0 Å². The second-order valence-electron chi connectivity index (χ2n) is 6.05. The van der Waals surface area contributed by atoms with Crippen LogP contribution in [-0.2, 0) is 16.1 Å². The number of imide groups is 1. The summed E-state index contributed by atoms with van der Waals surface area (Å²) in [5.74, 6) is -1.44. The van der Waals surface area contributed by atoms with E-state index in [9.17, 15) is 19.2 Å². The Hall–Kier alpha value is -3.28. The number of carbonyl (C=O) groups excluding carboxylic acids is 4. The van der Waals surface area contributed by atoms with Crippen molar-refractivity contribution in [2.75, 3.05) is 0 Å². The van der Waals surface area contributed by atoms with Gasteiger partial charge in [-0.05, 0) is 17.7 Å². The first-order chi connectivity index (χ1) is 12.1. The number of benzene rings is 2. The Kier molecular flexibility index (Phi) is 3.46. The van der Waals surface area contributed by atoms with Crippen molar-refractivity contribution in [3.63, 3.8) is 0 Å². The molecule has 2 aromatic rings. The number of β-lactam (4-membered cyclic amide) rings is 1. The summed E-state index contributed by atoms with van der Waals surface area (Å²) < 4.78 is 0. The van der Waals surface area contributed by atoms with Gasteiger partial charge in [-0.15, -0.1) is 0 Å². The van der Waals surface area contributed by atoms with Crippen LogP contribution in [0.25, 0.3) is 0 Å². The van der Waals surface area contributed by atoms with E-state index in [0.717, 1.165) is 10.5 Å². The molecule has 124 valence electrons. The Labute approximate surface area is 143 Å². The molecule has 2 atom stereocenters. The molecule has 6 nitrogen and oxygen atoms in total. The molecule has 6 heteroatoms. The van der Waals surface area contributed by atoms with Crippen LogP contribution in [0.5, 0.6) is 0 Å². The number of likely N-dealkylation sites (tertiary alicyclic amines) is 1. The van der Waals surface area contributed by atoms with Gasteiger partial charge >= 0.3 is 0 Å². The number of hydrogen-bond acceptors (Lipinski definition) is 4. The number of carbonyl (C=O) groups is 4. The topological polar surface area (TPSA) is 74.8 Å². The minimum atomic E-state index is -1.06. The van der Waals surface area contributed by atoms with E-state index in [-0.39, 0.29) is 17.7 Å². The average molecular weight is 334 g/mol. The van der Waals surface area contributed by atoms with Crippen molar-refractivity contribution in [1.82, 2.24) is 9.80 Å². The van der Waals surface area contributed by atoms with Crippen LogP contribution in [0.15, 0.2) is 54.6 Å². The molecule has 2 heterocycles. The molecule has 4 rings (SSSR count). The Balaban J connectivity index is 1.60. The zero-order chi connectivity index (χ0) is 17.6. The molecule has 2 aromatic carbocycles. The van der Waals surface area contributed by atoms with Crippen molar-refractivity contribution in [1.29, 1.82) is 0 Å². The fourth-order valence-corrected chi connectivity index (χ4v) is 3.39. The molecule has 0 aliphatic carbocycles. The van der Waals surface area contributed by atoms with Gasteiger partial charge in [0, 0.05) is 6.54 Å². The third-order valence-corrected chi connectivity index (χ3v) is 4.66. The van der Waals surface area contributed by atoms with Crippen LogP contribution in [0.4, 0.5) is 0 Å². The summed E-state index contributed by atoms with van der Waals surface area (Å²) in [5.41, 5.74) is 1.42. The lowest BCUT2D eigenvalue weighted by Crippen LogP contribution is -2.71. The lowest BCUT2D eigenvalue weighted by Gasteiger charge is -2.47. The zero-order valence-corrected chi connectivity index (χ0v) is 13.2. The Morgan fingerprint density at radius 3 is 1.96 bits per heavy atom. The van der Waals surface area contributed by atoms with Crippen molar-refractivity contribution >= 4 is 24.0 Å². The highest BCUT2D eigenvalue weighted by Gasteiger charge is 2.56. The predicted octanol–water partition coefficient (Wildman–Crippen LogP) is 1.26. The van der Waals surface area contributed by atoms with E-state index in [1.54, 1.807) is 24.3 Å². The van der Waals surface area contributed by atoms with Crippen molar-refractivity contribution < 1.29 is 19.2 Å². The van der Waals surface area contributed by atoms with E-state index in [4.69, 9.17) is 0 Å². The minimum absolute atomic E-state index is 0.267. The summed E-state index contributed by atoms with van der Waals surface area (Å²) in [7, 11) is 0. The van der Waals surface area contributed by atoms with Gasteiger partial charge in [-0.1, -0.05) is 42.5 Å². The van der Waals surface area contributed by atoms with E-state index in [1.165, 1.54) is 4.90 Å². The lowest BCUT2D eigenvalue weighted by molar-refractivity contribution is -0.159. The summed E-state index contributed by atoms with van der Waals surface area (Å²) in [5, 5.41) is 0. The number of amides is 3. The number of hydrogen-bond donors (Lipinski definition) is 0. The number of rotatable bonds is 4. The molecule has 0 N–H and O–H groups in total. The smallest absolute Gasteiger partial charge is 0.262 e. The monoisotopic (exact) mass is 334 g/mol. The average Bonchev–Trinajstić information content (AvgIpc) is 2.89. The van der Waals surface area contributed by atoms with Crippen LogP contribution in [-0.4, -0.2) is 45.9 Å². The van der Waals surface area contributed by atoms with Crippen molar-refractivity contribution in [3.8, 4) is 0 Å². The standard InChI is InChI=1S/C19H14N2O4/c22-11-15-16(19(25)20(15)10-12-6-2-1-3-7-12)21-17(23)13-8-4-5-9-14(13)18(21)24/h1-9,11,15-16H,10H2/t15-,16+/m0/s1. The molecule has 1 saturated heterocycles. The first kappa shape index (κ1) is 15.3. The Morgan fingerprint density at radius 1 is 0.840 bits per heavy atom. The SMILES string of the molecule is O=C[C@H]1[C@@H](N2C(=O)c3ccccc3C2=O)C(=O)N1Cc1ccccc1. The third-order valence-electron chi connectivity index (χ3n) is 4.66. The Morgan fingerprint density at radius 2 is 1.40 bits per heavy atom. The van der Waals surface area contributed by atoms with Crippen LogP contribution in [0.3, 0.4) is 0 Å². The quantitative estimate of drug-likeness (QED) is 0.479. The highest BCUT2D eigenvalue weighted by molar-refractivity contribution is 6.23. The van der Waals surface area contributed by atoms with Gasteiger partial charge in [-0.25, -0.2) is 0 Å². The molecule has 0 spiro atoms. The summed E-state index contributed by atoms with van der Waals surface area (Å²) >= 11 is 0. The number of aldehydes is 1. The maximum Gasteiger partial charge on any atom is 0.262 e. The molecule has 0 saturated carbocycles. The molecule has 1 fully saturated rings. The highest BCUT2D eigenvalue weighted by Crippen LogP contribution is 2.32. The van der Waals surface area contributed by atoms with E-state index >= 15 is 0 Å². The third kappa shape index (κ3) is 2.18. The van der Waals surface area contributed by atoms with Crippen LogP contribution >= 0.6 is 0 Å². The maximum atomic E-state index is 12.6. The van der Waals surface area contributed by atoms with Crippen LogP contribution < -0.4 is 0 Å². The largest absolute Gasteiger partial charge is 0.324 e. The predicted molar refractivity (Wildman–Crippen MR) is 87.6 cm³/mol. The zero-order valence-electron chi connectivity index (χ0n) is 13.2. The van der Waals surface area contributed by atoms with Crippen molar-refractivity contribution in [3.05, 3.63) is 71.3 Å². The maximum absolute atomic E-state index is 12.6. The molecule has 3 amide bonds. The van der Waals surface area contributed by atoms with E-state index in [1.807, 2.05) is 30.3 Å². The minimum Gasteiger partial charge on any atom is -0.324 e. The van der Waals surface area contributed by atoms with E-state index in [2.05, 4.69) is 0 Å². The van der Waals surface area contributed by atoms with Crippen LogP contribution in [0.2, 0.25) is 0 Å². The molecule has 0 unspecified atom stereocenters. The molecule has 2 aliphatic heterocycles. The van der Waals surface area contributed by atoms with Gasteiger partial charge in [0.05, 0.1) is 11.1 Å². The summed E-state index contributed by atoms with van der Waals surface area (Å²) in [6, 6.07) is 13.8. The first-order valence-electron chi connectivity index (χ1n) is 7.90. The molecule has 2 aliphatic rings. The van der Waals surface area contributed by atoms with Gasteiger partial charge in [0.2, 0.25) is 5.91 Å². The van der Waals surface area contributed by atoms with Gasteiger partial charge in [0.1, 0.15) is 18.4 Å². The van der Waals surface area contributed by atoms with Gasteiger partial charge in [0.15, 0.2) is 0 Å². The second kappa shape index (κ2) is 5.66. The summed E-state index contributed by atoms with van der Waals surface area (Å²) in [4.78, 5) is 51.5. The molecular formula is C19H14N2O4. The van der Waals surface area contributed by atoms with Crippen LogP contribution in [0.1, 0.15) is 26.3 Å². The normalized spacial score (nSPS) is 22.0.